The van der Waals surface area contributed by atoms with E-state index in [2.05, 4.69) is 34.5 Å². The number of aliphatic imine (C=N–C) groups is 1. The summed E-state index contributed by atoms with van der Waals surface area (Å²) >= 11 is 0. The first-order valence-corrected chi connectivity index (χ1v) is 8.25. The van der Waals surface area contributed by atoms with Crippen LogP contribution in [-0.4, -0.2) is 50.5 Å². The molecule has 0 aromatic rings. The van der Waals surface area contributed by atoms with Gasteiger partial charge in [-0.2, -0.15) is 0 Å². The maximum atomic E-state index is 11.6. The maximum Gasteiger partial charge on any atom is 0.239 e. The number of nitrogens with zero attached hydrogens (tertiary/aromatic N) is 2. The largest absolute Gasteiger partial charge is 0.355 e. The van der Waals surface area contributed by atoms with Crippen LogP contribution in [0.3, 0.4) is 0 Å². The molecule has 1 saturated carbocycles. The van der Waals surface area contributed by atoms with Crippen molar-refractivity contribution in [2.45, 2.75) is 46.0 Å². The number of carbonyl (C=O) groups is 1. The molecule has 0 unspecified atom stereocenters. The van der Waals surface area contributed by atoms with Gasteiger partial charge in [0, 0.05) is 27.2 Å². The monoisotopic (exact) mass is 424 g/mol. The lowest BCUT2D eigenvalue weighted by Crippen LogP contribution is -2.45. The Morgan fingerprint density at radius 1 is 1.23 bits per heavy atom. The SMILES string of the molecule is CCCNC(=O)CNC(=NC)N(C)CC1CCC(C)CC1.I. The first-order valence-electron chi connectivity index (χ1n) is 8.25. The highest BCUT2D eigenvalue weighted by molar-refractivity contribution is 14.0. The molecule has 0 aliphatic heterocycles. The lowest BCUT2D eigenvalue weighted by molar-refractivity contribution is -0.120. The van der Waals surface area contributed by atoms with Crippen LogP contribution in [0.4, 0.5) is 0 Å². The molecule has 1 fully saturated rings. The topological polar surface area (TPSA) is 56.7 Å². The molecule has 130 valence electrons. The van der Waals surface area contributed by atoms with E-state index in [0.717, 1.165) is 37.3 Å². The van der Waals surface area contributed by atoms with Crippen LogP contribution in [0, 0.1) is 11.8 Å². The summed E-state index contributed by atoms with van der Waals surface area (Å²) in [5, 5.41) is 6.00. The molecule has 0 spiro atoms. The Labute approximate surface area is 152 Å². The van der Waals surface area contributed by atoms with Gasteiger partial charge in [0.25, 0.3) is 0 Å². The van der Waals surface area contributed by atoms with Crippen molar-refractivity contribution in [3.63, 3.8) is 0 Å². The van der Waals surface area contributed by atoms with Gasteiger partial charge in [-0.05, 0) is 31.1 Å². The third-order valence-corrected chi connectivity index (χ3v) is 4.22. The molecule has 2 N–H and O–H groups in total. The lowest BCUT2D eigenvalue weighted by Gasteiger charge is -2.31. The highest BCUT2D eigenvalue weighted by Gasteiger charge is 2.20. The van der Waals surface area contributed by atoms with Gasteiger partial charge in [-0.15, -0.1) is 24.0 Å². The smallest absolute Gasteiger partial charge is 0.239 e. The van der Waals surface area contributed by atoms with Crippen LogP contribution in [0.15, 0.2) is 4.99 Å². The van der Waals surface area contributed by atoms with Gasteiger partial charge in [0.15, 0.2) is 5.96 Å². The Bertz CT molecular complexity index is 341. The van der Waals surface area contributed by atoms with E-state index in [1.807, 2.05) is 6.92 Å². The molecule has 1 aliphatic rings. The molecule has 0 aromatic carbocycles. The Balaban J connectivity index is 0.00000441. The van der Waals surface area contributed by atoms with Crippen LogP contribution in [0.25, 0.3) is 0 Å². The number of carbonyl (C=O) groups excluding carboxylic acids is 1. The number of rotatable bonds is 6. The van der Waals surface area contributed by atoms with Gasteiger partial charge in [-0.3, -0.25) is 9.79 Å². The van der Waals surface area contributed by atoms with Crippen LogP contribution in [0.1, 0.15) is 46.0 Å². The van der Waals surface area contributed by atoms with Gasteiger partial charge in [0.05, 0.1) is 6.54 Å². The number of hydrogen-bond acceptors (Lipinski definition) is 2. The zero-order chi connectivity index (χ0) is 15.7. The van der Waals surface area contributed by atoms with Crippen LogP contribution >= 0.6 is 24.0 Å². The zero-order valence-corrected chi connectivity index (χ0v) is 16.9. The Hall–Kier alpha value is -0.530. The predicted octanol–water partition coefficient (Wildman–Crippen LogP) is 2.46. The van der Waals surface area contributed by atoms with E-state index in [9.17, 15) is 4.79 Å². The minimum atomic E-state index is 0. The molecule has 5 nitrogen and oxygen atoms in total. The predicted molar refractivity (Wildman–Crippen MR) is 104 cm³/mol. The second-order valence-corrected chi connectivity index (χ2v) is 6.26. The van der Waals surface area contributed by atoms with E-state index in [1.54, 1.807) is 7.05 Å². The van der Waals surface area contributed by atoms with E-state index in [-0.39, 0.29) is 29.9 Å². The van der Waals surface area contributed by atoms with Crippen molar-refractivity contribution in [2.75, 3.05) is 33.7 Å². The summed E-state index contributed by atoms with van der Waals surface area (Å²) < 4.78 is 0. The molecule has 6 heteroatoms. The van der Waals surface area contributed by atoms with E-state index >= 15 is 0 Å². The maximum absolute atomic E-state index is 11.6. The summed E-state index contributed by atoms with van der Waals surface area (Å²) in [6.07, 6.45) is 6.24. The highest BCUT2D eigenvalue weighted by atomic mass is 127. The Kier molecular flexibility index (Phi) is 11.7. The molecule has 0 heterocycles. The average molecular weight is 424 g/mol. The van der Waals surface area contributed by atoms with Gasteiger partial charge in [0.2, 0.25) is 5.91 Å². The summed E-state index contributed by atoms with van der Waals surface area (Å²) in [5.41, 5.74) is 0. The van der Waals surface area contributed by atoms with Crippen LogP contribution < -0.4 is 10.6 Å². The first-order chi connectivity index (χ1) is 10.1. The van der Waals surface area contributed by atoms with Crippen LogP contribution in [0.2, 0.25) is 0 Å². The normalized spacial score (nSPS) is 21.7. The molecule has 22 heavy (non-hydrogen) atoms. The highest BCUT2D eigenvalue weighted by Crippen LogP contribution is 2.28. The fourth-order valence-corrected chi connectivity index (χ4v) is 2.86. The van der Waals surface area contributed by atoms with Crippen LogP contribution in [-0.2, 0) is 4.79 Å². The van der Waals surface area contributed by atoms with Crippen molar-refractivity contribution < 1.29 is 4.79 Å². The molecule has 0 radical (unpaired) electrons. The minimum absolute atomic E-state index is 0. The summed E-state index contributed by atoms with van der Waals surface area (Å²) in [6.45, 7) is 6.43. The third kappa shape index (κ3) is 8.19. The molecule has 1 amide bonds. The third-order valence-electron chi connectivity index (χ3n) is 4.22. The molecule has 1 rings (SSSR count). The first kappa shape index (κ1) is 21.5. The second-order valence-electron chi connectivity index (χ2n) is 6.26. The fraction of sp³-hybridized carbons (Fsp3) is 0.875. The van der Waals surface area contributed by atoms with Crippen molar-refractivity contribution in [1.29, 1.82) is 0 Å². The van der Waals surface area contributed by atoms with Crippen molar-refractivity contribution in [2.24, 2.45) is 16.8 Å². The number of amides is 1. The van der Waals surface area contributed by atoms with E-state index < -0.39 is 0 Å². The molecular formula is C16H33IN4O. The molecular weight excluding hydrogens is 391 g/mol. The number of hydrogen-bond donors (Lipinski definition) is 2. The average Bonchev–Trinajstić information content (AvgIpc) is 2.48. The quantitative estimate of drug-likeness (QED) is 0.391. The van der Waals surface area contributed by atoms with E-state index in [0.29, 0.717) is 6.54 Å². The van der Waals surface area contributed by atoms with Crippen molar-refractivity contribution in [3.05, 3.63) is 0 Å². The molecule has 0 bridgehead atoms. The number of guanidine groups is 1. The minimum Gasteiger partial charge on any atom is -0.355 e. The van der Waals surface area contributed by atoms with Gasteiger partial charge in [0.1, 0.15) is 0 Å². The molecule has 0 atom stereocenters. The summed E-state index contributed by atoms with van der Waals surface area (Å²) in [5.74, 6) is 2.46. The second kappa shape index (κ2) is 12.0. The van der Waals surface area contributed by atoms with Crippen molar-refractivity contribution in [1.82, 2.24) is 15.5 Å². The summed E-state index contributed by atoms with van der Waals surface area (Å²) in [6, 6.07) is 0. The van der Waals surface area contributed by atoms with Crippen molar-refractivity contribution in [3.8, 4) is 0 Å². The number of nitrogens with one attached hydrogen (secondary N) is 2. The van der Waals surface area contributed by atoms with Gasteiger partial charge < -0.3 is 15.5 Å². The Morgan fingerprint density at radius 2 is 1.86 bits per heavy atom. The standard InChI is InChI=1S/C16H32N4O.HI/c1-5-10-18-15(21)11-19-16(17-3)20(4)12-14-8-6-13(2)7-9-14;/h13-14H,5-12H2,1-4H3,(H,17,19)(H,18,21);1H. The van der Waals surface area contributed by atoms with Gasteiger partial charge in [-0.1, -0.05) is 26.7 Å². The summed E-state index contributed by atoms with van der Waals surface area (Å²) in [7, 11) is 3.82. The molecule has 1 aliphatic carbocycles. The van der Waals surface area contributed by atoms with Crippen molar-refractivity contribution >= 4 is 35.8 Å². The lowest BCUT2D eigenvalue weighted by atomic mass is 9.83. The zero-order valence-electron chi connectivity index (χ0n) is 14.5. The van der Waals surface area contributed by atoms with Crippen LogP contribution in [0.5, 0.6) is 0 Å². The van der Waals surface area contributed by atoms with Gasteiger partial charge in [-0.25, -0.2) is 0 Å². The summed E-state index contributed by atoms with van der Waals surface area (Å²) in [4.78, 5) is 18.0. The van der Waals surface area contributed by atoms with Gasteiger partial charge >= 0.3 is 0 Å². The van der Waals surface area contributed by atoms with E-state index in [1.165, 1.54) is 25.7 Å². The fourth-order valence-electron chi connectivity index (χ4n) is 2.86. The number of halogens is 1. The van der Waals surface area contributed by atoms with E-state index in [4.69, 9.17) is 0 Å². The Morgan fingerprint density at radius 3 is 2.41 bits per heavy atom. The molecule has 0 aromatic heterocycles. The molecule has 0 saturated heterocycles.